The predicted molar refractivity (Wildman–Crippen MR) is 51.9 cm³/mol. The van der Waals surface area contributed by atoms with Crippen LogP contribution in [-0.2, 0) is 0 Å². The minimum Gasteiger partial charge on any atom is -0.259 e. The molecule has 0 aromatic heterocycles. The second-order valence-corrected chi connectivity index (χ2v) is 3.66. The molecule has 1 unspecified atom stereocenters. The molecule has 0 aromatic rings. The van der Waals surface area contributed by atoms with Crippen molar-refractivity contribution in [3.63, 3.8) is 0 Å². The highest BCUT2D eigenvalue weighted by Gasteiger charge is 2.25. The smallest absolute Gasteiger partial charge is 0.245 e. The van der Waals surface area contributed by atoms with Crippen molar-refractivity contribution in [2.45, 2.75) is 45.4 Å². The van der Waals surface area contributed by atoms with Gasteiger partial charge in [0.1, 0.15) is 0 Å². The molecule has 0 fully saturated rings. The van der Waals surface area contributed by atoms with Crippen molar-refractivity contribution in [3.05, 3.63) is 21.9 Å². The van der Waals surface area contributed by atoms with Crippen LogP contribution in [0.25, 0.3) is 0 Å². The zero-order valence-electron chi connectivity index (χ0n) is 8.16. The molecular formula is C10H17NO2. The minimum atomic E-state index is -0.195. The first-order valence-electron chi connectivity index (χ1n) is 5.10. The average molecular weight is 183 g/mol. The molecule has 0 spiro atoms. The summed E-state index contributed by atoms with van der Waals surface area (Å²) in [5.74, 6) is 0.226. The third kappa shape index (κ3) is 2.83. The van der Waals surface area contributed by atoms with Gasteiger partial charge in [0.2, 0.25) is 5.70 Å². The van der Waals surface area contributed by atoms with E-state index in [-0.39, 0.29) is 10.8 Å². The summed E-state index contributed by atoms with van der Waals surface area (Å²) in [4.78, 5) is 10.5. The lowest BCUT2D eigenvalue weighted by Crippen LogP contribution is -2.15. The Kier molecular flexibility index (Phi) is 3.93. The van der Waals surface area contributed by atoms with Crippen LogP contribution >= 0.6 is 0 Å². The molecule has 1 atom stereocenters. The van der Waals surface area contributed by atoms with Crippen LogP contribution in [0.2, 0.25) is 0 Å². The fourth-order valence-corrected chi connectivity index (χ4v) is 1.90. The number of hydrogen-bond donors (Lipinski definition) is 0. The second kappa shape index (κ2) is 5.00. The molecule has 3 heteroatoms. The molecule has 0 radical (unpaired) electrons. The summed E-state index contributed by atoms with van der Waals surface area (Å²) in [6.45, 7) is 2.12. The molecule has 1 aliphatic rings. The molecule has 3 nitrogen and oxygen atoms in total. The Balaban J connectivity index is 2.54. The van der Waals surface area contributed by atoms with Gasteiger partial charge in [-0.05, 0) is 31.8 Å². The normalized spacial score (nSPS) is 22.5. The summed E-state index contributed by atoms with van der Waals surface area (Å²) in [7, 11) is 0. The first-order chi connectivity index (χ1) is 6.25. The lowest BCUT2D eigenvalue weighted by Gasteiger charge is -2.17. The average Bonchev–Trinajstić information content (AvgIpc) is 2.15. The summed E-state index contributed by atoms with van der Waals surface area (Å²) in [6.07, 6.45) is 8.04. The number of allylic oxidation sites excluding steroid dienone is 2. The van der Waals surface area contributed by atoms with E-state index in [1.54, 1.807) is 0 Å². The van der Waals surface area contributed by atoms with Gasteiger partial charge in [0.15, 0.2) is 0 Å². The van der Waals surface area contributed by atoms with Crippen LogP contribution in [0.3, 0.4) is 0 Å². The molecule has 0 heterocycles. The van der Waals surface area contributed by atoms with Crippen LogP contribution in [0.1, 0.15) is 45.4 Å². The Labute approximate surface area is 79.0 Å². The van der Waals surface area contributed by atoms with E-state index < -0.39 is 0 Å². The highest BCUT2D eigenvalue weighted by atomic mass is 16.6. The minimum absolute atomic E-state index is 0.195. The number of rotatable bonds is 4. The third-order valence-electron chi connectivity index (χ3n) is 2.65. The van der Waals surface area contributed by atoms with E-state index in [0.717, 1.165) is 38.5 Å². The van der Waals surface area contributed by atoms with Crippen LogP contribution in [0, 0.1) is 16.0 Å². The maximum absolute atomic E-state index is 10.7. The Morgan fingerprint density at radius 1 is 1.69 bits per heavy atom. The van der Waals surface area contributed by atoms with Gasteiger partial charge in [0, 0.05) is 5.92 Å². The van der Waals surface area contributed by atoms with Gasteiger partial charge in [-0.25, -0.2) is 0 Å². The zero-order chi connectivity index (χ0) is 9.68. The van der Waals surface area contributed by atoms with Crippen LogP contribution in [-0.4, -0.2) is 4.92 Å². The highest BCUT2D eigenvalue weighted by molar-refractivity contribution is 5.01. The molecule has 0 aliphatic heterocycles. The lowest BCUT2D eigenvalue weighted by atomic mass is 9.88. The molecular weight excluding hydrogens is 166 g/mol. The van der Waals surface area contributed by atoms with Crippen LogP contribution < -0.4 is 0 Å². The monoisotopic (exact) mass is 183 g/mol. The van der Waals surface area contributed by atoms with E-state index in [1.807, 2.05) is 6.08 Å². The van der Waals surface area contributed by atoms with Gasteiger partial charge < -0.3 is 0 Å². The quantitative estimate of drug-likeness (QED) is 0.496. The highest BCUT2D eigenvalue weighted by Crippen LogP contribution is 2.29. The van der Waals surface area contributed by atoms with Gasteiger partial charge in [0.25, 0.3) is 0 Å². The van der Waals surface area contributed by atoms with Crippen molar-refractivity contribution >= 4 is 0 Å². The van der Waals surface area contributed by atoms with Gasteiger partial charge in [0.05, 0.1) is 4.92 Å². The van der Waals surface area contributed by atoms with Crippen molar-refractivity contribution in [1.82, 2.24) is 0 Å². The molecule has 13 heavy (non-hydrogen) atoms. The first kappa shape index (κ1) is 10.2. The van der Waals surface area contributed by atoms with Gasteiger partial charge in [-0.3, -0.25) is 10.1 Å². The lowest BCUT2D eigenvalue weighted by molar-refractivity contribution is -0.435. The number of unbranched alkanes of at least 4 members (excludes halogenated alkanes) is 1. The first-order valence-corrected chi connectivity index (χ1v) is 5.10. The molecule has 0 amide bonds. The molecule has 74 valence electrons. The Morgan fingerprint density at radius 2 is 2.46 bits per heavy atom. The summed E-state index contributed by atoms with van der Waals surface area (Å²) in [5, 5.41) is 10.7. The fraction of sp³-hybridized carbons (Fsp3) is 0.800. The molecule has 1 aliphatic carbocycles. The second-order valence-electron chi connectivity index (χ2n) is 3.66. The van der Waals surface area contributed by atoms with Crippen molar-refractivity contribution in [1.29, 1.82) is 0 Å². The van der Waals surface area contributed by atoms with Crippen molar-refractivity contribution < 1.29 is 4.92 Å². The van der Waals surface area contributed by atoms with Crippen molar-refractivity contribution in [2.24, 2.45) is 5.92 Å². The number of nitro groups is 1. The third-order valence-corrected chi connectivity index (χ3v) is 2.65. The van der Waals surface area contributed by atoms with E-state index in [2.05, 4.69) is 6.92 Å². The standard InChI is InChI=1S/C10H17NO2/c1-2-3-6-9-7-4-5-8-10(9)11(12)13/h8-9H,2-7H2,1H3. The maximum Gasteiger partial charge on any atom is 0.245 e. The van der Waals surface area contributed by atoms with Crippen LogP contribution in [0.5, 0.6) is 0 Å². The molecule has 0 N–H and O–H groups in total. The Bertz CT molecular complexity index is 211. The molecule has 1 rings (SSSR count). The SMILES string of the molecule is CCCCC1CCCC=C1[N+](=O)[O-]. The molecule has 0 saturated heterocycles. The van der Waals surface area contributed by atoms with Crippen LogP contribution in [0.4, 0.5) is 0 Å². The van der Waals surface area contributed by atoms with Gasteiger partial charge in [-0.1, -0.05) is 19.8 Å². The summed E-state index contributed by atoms with van der Waals surface area (Å²) in [6, 6.07) is 0. The topological polar surface area (TPSA) is 43.1 Å². The summed E-state index contributed by atoms with van der Waals surface area (Å²) < 4.78 is 0. The van der Waals surface area contributed by atoms with E-state index in [4.69, 9.17) is 0 Å². The van der Waals surface area contributed by atoms with Gasteiger partial charge in [-0.15, -0.1) is 0 Å². The number of nitrogens with zero attached hydrogens (tertiary/aromatic N) is 1. The summed E-state index contributed by atoms with van der Waals surface area (Å²) in [5.41, 5.74) is 0.472. The van der Waals surface area contributed by atoms with Gasteiger partial charge in [-0.2, -0.15) is 0 Å². The van der Waals surface area contributed by atoms with Crippen molar-refractivity contribution in [3.8, 4) is 0 Å². The zero-order valence-corrected chi connectivity index (χ0v) is 8.16. The largest absolute Gasteiger partial charge is 0.259 e. The molecule has 0 saturated carbocycles. The van der Waals surface area contributed by atoms with Crippen molar-refractivity contribution in [2.75, 3.05) is 0 Å². The Hall–Kier alpha value is -0.860. The molecule has 0 aromatic carbocycles. The predicted octanol–water partition coefficient (Wildman–Crippen LogP) is 3.14. The van der Waals surface area contributed by atoms with E-state index in [9.17, 15) is 10.1 Å². The Morgan fingerprint density at radius 3 is 3.08 bits per heavy atom. The molecule has 0 bridgehead atoms. The fourth-order valence-electron chi connectivity index (χ4n) is 1.90. The summed E-state index contributed by atoms with van der Waals surface area (Å²) >= 11 is 0. The van der Waals surface area contributed by atoms with E-state index >= 15 is 0 Å². The van der Waals surface area contributed by atoms with E-state index in [1.165, 1.54) is 0 Å². The number of hydrogen-bond acceptors (Lipinski definition) is 2. The van der Waals surface area contributed by atoms with Gasteiger partial charge >= 0.3 is 0 Å². The van der Waals surface area contributed by atoms with Crippen LogP contribution in [0.15, 0.2) is 11.8 Å². The maximum atomic E-state index is 10.7. The van der Waals surface area contributed by atoms with E-state index in [0.29, 0.717) is 5.70 Å².